The minimum absolute atomic E-state index is 0.480. The van der Waals surface area contributed by atoms with Crippen LogP contribution in [0, 0.1) is 0 Å². The van der Waals surface area contributed by atoms with Crippen molar-refractivity contribution in [3.05, 3.63) is 18.0 Å². The van der Waals surface area contributed by atoms with Gasteiger partial charge in [0.05, 0.1) is 0 Å². The fourth-order valence-electron chi connectivity index (χ4n) is 1.68. The van der Waals surface area contributed by atoms with E-state index in [1.165, 1.54) is 0 Å². The van der Waals surface area contributed by atoms with Crippen LogP contribution in [0.15, 0.2) is 12.4 Å². The summed E-state index contributed by atoms with van der Waals surface area (Å²) in [4.78, 5) is 13.1. The summed E-state index contributed by atoms with van der Waals surface area (Å²) in [5.74, 6) is 0.798. The van der Waals surface area contributed by atoms with Crippen LogP contribution in [0.4, 0.5) is 5.95 Å². The van der Waals surface area contributed by atoms with Crippen LogP contribution in [0.3, 0.4) is 0 Å². The molecule has 5 heteroatoms. The van der Waals surface area contributed by atoms with Crippen molar-refractivity contribution >= 4 is 5.95 Å². The van der Waals surface area contributed by atoms with Crippen molar-refractivity contribution in [3.8, 4) is 0 Å². The lowest BCUT2D eigenvalue weighted by atomic mass is 10.3. The van der Waals surface area contributed by atoms with Gasteiger partial charge in [0.1, 0.15) is 0 Å². The Morgan fingerprint density at radius 1 is 1.11 bits per heavy atom. The van der Waals surface area contributed by atoms with Gasteiger partial charge < -0.3 is 15.1 Å². The molecule has 1 aromatic heterocycles. The molecule has 0 spiro atoms. The Labute approximate surface area is 117 Å². The van der Waals surface area contributed by atoms with Crippen molar-refractivity contribution in [1.82, 2.24) is 20.2 Å². The predicted octanol–water partition coefficient (Wildman–Crippen LogP) is 1.36. The molecule has 108 valence electrons. The van der Waals surface area contributed by atoms with E-state index in [2.05, 4.69) is 53.0 Å². The number of aromatic nitrogens is 2. The van der Waals surface area contributed by atoms with Gasteiger partial charge in [-0.3, -0.25) is 0 Å². The van der Waals surface area contributed by atoms with Crippen molar-refractivity contribution < 1.29 is 0 Å². The molecule has 0 aliphatic rings. The number of nitrogens with one attached hydrogen (secondary N) is 1. The van der Waals surface area contributed by atoms with Crippen LogP contribution in [-0.4, -0.2) is 55.1 Å². The Hall–Kier alpha value is -1.20. The molecule has 0 amide bonds. The molecule has 0 saturated heterocycles. The smallest absolute Gasteiger partial charge is 0.224 e. The van der Waals surface area contributed by atoms with Crippen LogP contribution in [0.2, 0.25) is 0 Å². The molecule has 0 atom stereocenters. The number of nitrogens with zero attached hydrogens (tertiary/aromatic N) is 4. The molecule has 0 bridgehead atoms. The molecule has 1 N–H and O–H groups in total. The van der Waals surface area contributed by atoms with Crippen molar-refractivity contribution in [3.63, 3.8) is 0 Å². The van der Waals surface area contributed by atoms with Crippen molar-refractivity contribution in [2.24, 2.45) is 0 Å². The second kappa shape index (κ2) is 8.07. The third-order valence-electron chi connectivity index (χ3n) is 2.85. The average molecular weight is 265 g/mol. The van der Waals surface area contributed by atoms with E-state index >= 15 is 0 Å². The van der Waals surface area contributed by atoms with E-state index < -0.39 is 0 Å². The first-order valence-corrected chi connectivity index (χ1v) is 6.89. The highest BCUT2D eigenvalue weighted by Crippen LogP contribution is 2.05. The van der Waals surface area contributed by atoms with Gasteiger partial charge in [-0.2, -0.15) is 0 Å². The normalized spacial score (nSPS) is 11.3. The summed E-state index contributed by atoms with van der Waals surface area (Å²) in [6.45, 7) is 7.15. The minimum atomic E-state index is 0.480. The molecular weight excluding hydrogens is 238 g/mol. The summed E-state index contributed by atoms with van der Waals surface area (Å²) in [5, 5.41) is 3.36. The molecule has 1 aromatic rings. The third-order valence-corrected chi connectivity index (χ3v) is 2.85. The van der Waals surface area contributed by atoms with E-state index in [0.717, 1.165) is 37.6 Å². The molecule has 19 heavy (non-hydrogen) atoms. The van der Waals surface area contributed by atoms with Gasteiger partial charge in [-0.05, 0) is 27.1 Å². The van der Waals surface area contributed by atoms with Crippen LogP contribution < -0.4 is 10.2 Å². The lowest BCUT2D eigenvalue weighted by Crippen LogP contribution is -2.25. The molecule has 0 aliphatic carbocycles. The zero-order valence-electron chi connectivity index (χ0n) is 12.8. The van der Waals surface area contributed by atoms with Crippen molar-refractivity contribution in [1.29, 1.82) is 0 Å². The topological polar surface area (TPSA) is 44.3 Å². The zero-order chi connectivity index (χ0) is 14.3. The number of anilines is 1. The largest absolute Gasteiger partial charge is 0.344 e. The maximum Gasteiger partial charge on any atom is 0.224 e. The monoisotopic (exact) mass is 265 g/mol. The maximum absolute atomic E-state index is 4.42. The molecule has 0 saturated carbocycles. The first-order valence-electron chi connectivity index (χ1n) is 6.89. The lowest BCUT2D eigenvalue weighted by molar-refractivity contribution is 0.401. The first-order chi connectivity index (χ1) is 8.99. The van der Waals surface area contributed by atoms with Gasteiger partial charge in [0, 0.05) is 44.1 Å². The predicted molar refractivity (Wildman–Crippen MR) is 80.4 cm³/mol. The minimum Gasteiger partial charge on any atom is -0.344 e. The standard InChI is InChI=1S/C14H27N5/c1-12(2)15-9-13-10-16-14(17-11-13)19(5)8-6-7-18(3)4/h10-12,15H,6-9H2,1-5H3. The van der Waals surface area contributed by atoms with E-state index in [0.29, 0.717) is 6.04 Å². The molecule has 1 heterocycles. The molecular formula is C14H27N5. The fourth-order valence-corrected chi connectivity index (χ4v) is 1.68. The third kappa shape index (κ3) is 6.50. The summed E-state index contributed by atoms with van der Waals surface area (Å²) in [5.41, 5.74) is 1.12. The van der Waals surface area contributed by atoms with Crippen LogP contribution >= 0.6 is 0 Å². The van der Waals surface area contributed by atoms with E-state index in [9.17, 15) is 0 Å². The molecule has 0 fully saturated rings. The Balaban J connectivity index is 2.41. The van der Waals surface area contributed by atoms with Crippen molar-refractivity contribution in [2.75, 3.05) is 39.1 Å². The van der Waals surface area contributed by atoms with Crippen LogP contribution in [0.1, 0.15) is 25.8 Å². The molecule has 0 aliphatic heterocycles. The van der Waals surface area contributed by atoms with Gasteiger partial charge in [0.25, 0.3) is 0 Å². The Bertz CT molecular complexity index is 347. The Morgan fingerprint density at radius 3 is 2.26 bits per heavy atom. The SMILES string of the molecule is CC(C)NCc1cnc(N(C)CCCN(C)C)nc1. The highest BCUT2D eigenvalue weighted by Gasteiger charge is 2.04. The number of hydrogen-bond donors (Lipinski definition) is 1. The molecule has 0 radical (unpaired) electrons. The summed E-state index contributed by atoms with van der Waals surface area (Å²) in [6, 6.07) is 0.480. The van der Waals surface area contributed by atoms with Crippen LogP contribution in [0.25, 0.3) is 0 Å². The summed E-state index contributed by atoms with van der Waals surface area (Å²) in [6.07, 6.45) is 4.92. The lowest BCUT2D eigenvalue weighted by Gasteiger charge is -2.18. The molecule has 0 aromatic carbocycles. The average Bonchev–Trinajstić information content (AvgIpc) is 2.36. The van der Waals surface area contributed by atoms with Crippen LogP contribution in [0.5, 0.6) is 0 Å². The molecule has 1 rings (SSSR count). The quantitative estimate of drug-likeness (QED) is 0.769. The van der Waals surface area contributed by atoms with E-state index in [4.69, 9.17) is 0 Å². The maximum atomic E-state index is 4.42. The van der Waals surface area contributed by atoms with Crippen LogP contribution in [-0.2, 0) is 6.54 Å². The number of rotatable bonds is 8. The van der Waals surface area contributed by atoms with Crippen molar-refractivity contribution in [2.45, 2.75) is 32.9 Å². The van der Waals surface area contributed by atoms with Gasteiger partial charge in [-0.1, -0.05) is 13.8 Å². The first kappa shape index (κ1) is 15.9. The highest BCUT2D eigenvalue weighted by molar-refractivity contribution is 5.28. The van der Waals surface area contributed by atoms with E-state index in [-0.39, 0.29) is 0 Å². The molecule has 0 unspecified atom stereocenters. The molecule has 5 nitrogen and oxygen atoms in total. The summed E-state index contributed by atoms with van der Waals surface area (Å²) < 4.78 is 0. The van der Waals surface area contributed by atoms with Gasteiger partial charge in [-0.15, -0.1) is 0 Å². The van der Waals surface area contributed by atoms with E-state index in [1.807, 2.05) is 19.4 Å². The zero-order valence-corrected chi connectivity index (χ0v) is 12.8. The Kier molecular flexibility index (Phi) is 6.73. The summed E-state index contributed by atoms with van der Waals surface area (Å²) in [7, 11) is 6.22. The second-order valence-electron chi connectivity index (χ2n) is 5.51. The summed E-state index contributed by atoms with van der Waals surface area (Å²) >= 11 is 0. The van der Waals surface area contributed by atoms with Gasteiger partial charge in [0.2, 0.25) is 5.95 Å². The van der Waals surface area contributed by atoms with Gasteiger partial charge in [0.15, 0.2) is 0 Å². The number of hydrogen-bond acceptors (Lipinski definition) is 5. The Morgan fingerprint density at radius 2 is 1.74 bits per heavy atom. The highest BCUT2D eigenvalue weighted by atomic mass is 15.2. The van der Waals surface area contributed by atoms with E-state index in [1.54, 1.807) is 0 Å². The second-order valence-corrected chi connectivity index (χ2v) is 5.51. The van der Waals surface area contributed by atoms with Gasteiger partial charge in [-0.25, -0.2) is 9.97 Å². The van der Waals surface area contributed by atoms with Gasteiger partial charge >= 0.3 is 0 Å². The fraction of sp³-hybridized carbons (Fsp3) is 0.714.